The molecule has 2 amide bonds. The fourth-order valence-electron chi connectivity index (χ4n) is 3.79. The van der Waals surface area contributed by atoms with Crippen molar-refractivity contribution in [3.8, 4) is 0 Å². The number of carbonyl (C=O) groups excluding carboxylic acids is 3. The van der Waals surface area contributed by atoms with Gasteiger partial charge in [-0.05, 0) is 43.4 Å². The van der Waals surface area contributed by atoms with E-state index < -0.39 is 5.97 Å². The Hall–Kier alpha value is -3.15. The van der Waals surface area contributed by atoms with Crippen LogP contribution in [0.3, 0.4) is 0 Å². The van der Waals surface area contributed by atoms with Gasteiger partial charge in [-0.25, -0.2) is 4.79 Å². The second-order valence-electron chi connectivity index (χ2n) is 7.48. The van der Waals surface area contributed by atoms with Crippen molar-refractivity contribution in [3.63, 3.8) is 0 Å². The van der Waals surface area contributed by atoms with Gasteiger partial charge >= 0.3 is 5.97 Å². The second kappa shape index (κ2) is 10.6. The highest BCUT2D eigenvalue weighted by Crippen LogP contribution is 2.20. The predicted octanol–water partition coefficient (Wildman–Crippen LogP) is 3.82. The number of benzene rings is 2. The van der Waals surface area contributed by atoms with E-state index in [1.54, 1.807) is 24.3 Å². The third kappa shape index (κ3) is 5.69. The third-order valence-corrected chi connectivity index (χ3v) is 5.37. The van der Waals surface area contributed by atoms with Gasteiger partial charge in [0.2, 0.25) is 5.91 Å². The normalized spacial score (nSPS) is 16.0. The number of hydrogen-bond donors (Lipinski definition) is 1. The summed E-state index contributed by atoms with van der Waals surface area (Å²) < 4.78 is 5.30. The molecule has 0 radical (unpaired) electrons. The van der Waals surface area contributed by atoms with E-state index in [9.17, 15) is 14.4 Å². The quantitative estimate of drug-likeness (QED) is 0.707. The summed E-state index contributed by atoms with van der Waals surface area (Å²) in [5.41, 5.74) is 1.49. The molecule has 1 N–H and O–H groups in total. The lowest BCUT2D eigenvalue weighted by Crippen LogP contribution is -2.45. The molecule has 1 fully saturated rings. The Morgan fingerprint density at radius 3 is 2.53 bits per heavy atom. The molecule has 1 aliphatic rings. The first-order valence-corrected chi connectivity index (χ1v) is 10.5. The molecule has 1 heterocycles. The maximum atomic E-state index is 12.6. The van der Waals surface area contributed by atoms with E-state index in [4.69, 9.17) is 4.74 Å². The highest BCUT2D eigenvalue weighted by atomic mass is 16.5. The van der Waals surface area contributed by atoms with Crippen molar-refractivity contribution in [2.45, 2.75) is 45.1 Å². The first kappa shape index (κ1) is 21.6. The van der Waals surface area contributed by atoms with Crippen molar-refractivity contribution in [1.82, 2.24) is 4.90 Å². The number of amides is 2. The highest BCUT2D eigenvalue weighted by Gasteiger charge is 2.26. The molecule has 6 nitrogen and oxygen atoms in total. The van der Waals surface area contributed by atoms with Gasteiger partial charge < -0.3 is 15.0 Å². The van der Waals surface area contributed by atoms with E-state index in [0.717, 1.165) is 31.2 Å². The second-order valence-corrected chi connectivity index (χ2v) is 7.48. The maximum absolute atomic E-state index is 12.6. The fourth-order valence-corrected chi connectivity index (χ4v) is 3.79. The number of carbonyl (C=O) groups is 3. The first-order valence-electron chi connectivity index (χ1n) is 10.5. The molecule has 6 heteroatoms. The topological polar surface area (TPSA) is 75.7 Å². The van der Waals surface area contributed by atoms with Gasteiger partial charge in [-0.15, -0.1) is 0 Å². The third-order valence-electron chi connectivity index (χ3n) is 5.37. The number of anilines is 1. The Labute approximate surface area is 177 Å². The molecule has 1 atom stereocenters. The van der Waals surface area contributed by atoms with Crippen LogP contribution in [0.1, 0.15) is 48.5 Å². The van der Waals surface area contributed by atoms with Crippen molar-refractivity contribution in [1.29, 1.82) is 0 Å². The van der Waals surface area contributed by atoms with Crippen LogP contribution in [0.15, 0.2) is 54.6 Å². The number of rotatable bonds is 7. The van der Waals surface area contributed by atoms with Crippen LogP contribution < -0.4 is 5.32 Å². The minimum atomic E-state index is -0.621. The van der Waals surface area contributed by atoms with E-state index in [1.165, 1.54) is 0 Å². The highest BCUT2D eigenvalue weighted by molar-refractivity contribution is 6.02. The Bertz CT molecular complexity index is 882. The number of nitrogens with one attached hydrogen (secondary N) is 1. The molecule has 0 aromatic heterocycles. The Morgan fingerprint density at radius 1 is 1.03 bits per heavy atom. The average molecular weight is 408 g/mol. The van der Waals surface area contributed by atoms with E-state index in [0.29, 0.717) is 12.2 Å². The number of nitrogens with zero attached hydrogens (tertiary/aromatic N) is 1. The van der Waals surface area contributed by atoms with Crippen LogP contribution in [0, 0.1) is 0 Å². The Morgan fingerprint density at radius 2 is 1.77 bits per heavy atom. The van der Waals surface area contributed by atoms with E-state index >= 15 is 0 Å². The summed E-state index contributed by atoms with van der Waals surface area (Å²) in [4.78, 5) is 39.3. The summed E-state index contributed by atoms with van der Waals surface area (Å²) in [7, 11) is 0. The van der Waals surface area contributed by atoms with Crippen molar-refractivity contribution in [2.24, 2.45) is 0 Å². The van der Waals surface area contributed by atoms with Gasteiger partial charge in [0, 0.05) is 12.6 Å². The lowest BCUT2D eigenvalue weighted by Gasteiger charge is -2.35. The molecule has 30 heavy (non-hydrogen) atoms. The molecule has 2 aromatic rings. The maximum Gasteiger partial charge on any atom is 0.340 e. The van der Waals surface area contributed by atoms with Gasteiger partial charge in [-0.3, -0.25) is 9.59 Å². The molecule has 0 aliphatic carbocycles. The first-order chi connectivity index (χ1) is 14.6. The zero-order valence-corrected chi connectivity index (χ0v) is 17.3. The molecule has 0 saturated carbocycles. The van der Waals surface area contributed by atoms with Crippen LogP contribution in [-0.4, -0.2) is 41.9 Å². The number of esters is 1. The van der Waals surface area contributed by atoms with E-state index in [-0.39, 0.29) is 36.4 Å². The zero-order chi connectivity index (χ0) is 21.3. The minimum Gasteiger partial charge on any atom is -0.452 e. The van der Waals surface area contributed by atoms with Crippen LogP contribution >= 0.6 is 0 Å². The number of ether oxygens (including phenoxy) is 1. The molecular formula is C24H28N2O4. The predicted molar refractivity (Wildman–Crippen MR) is 115 cm³/mol. The zero-order valence-electron chi connectivity index (χ0n) is 17.3. The molecule has 3 rings (SSSR count). The lowest BCUT2D eigenvalue weighted by atomic mass is 10.00. The largest absolute Gasteiger partial charge is 0.452 e. The standard InChI is InChI=1S/C24H28N2O4/c1-2-19-12-8-9-15-26(19)23(28)17-30-24(29)20-13-6-7-14-21(20)25-22(27)16-18-10-4-3-5-11-18/h3-7,10-11,13-14,19H,2,8-9,12,15-17H2,1H3,(H,25,27)/t19-/m0/s1. The summed E-state index contributed by atoms with van der Waals surface area (Å²) in [6.45, 7) is 2.49. The van der Waals surface area contributed by atoms with Crippen molar-refractivity contribution in [3.05, 3.63) is 65.7 Å². The van der Waals surface area contributed by atoms with Gasteiger partial charge in [-0.2, -0.15) is 0 Å². The van der Waals surface area contributed by atoms with Crippen LogP contribution in [0.5, 0.6) is 0 Å². The molecule has 1 aliphatic heterocycles. The van der Waals surface area contributed by atoms with Gasteiger partial charge in [0.05, 0.1) is 17.7 Å². The summed E-state index contributed by atoms with van der Waals surface area (Å²) in [5.74, 6) is -1.01. The molecule has 0 bridgehead atoms. The summed E-state index contributed by atoms with van der Waals surface area (Å²) in [5, 5.41) is 2.77. The Balaban J connectivity index is 1.59. The van der Waals surface area contributed by atoms with Crippen LogP contribution in [0.4, 0.5) is 5.69 Å². The molecule has 0 unspecified atom stereocenters. The molecule has 158 valence electrons. The fraction of sp³-hybridized carbons (Fsp3) is 0.375. The van der Waals surface area contributed by atoms with Gasteiger partial charge in [0.25, 0.3) is 5.91 Å². The number of para-hydroxylation sites is 1. The molecule has 0 spiro atoms. The molecule has 2 aromatic carbocycles. The number of hydrogen-bond acceptors (Lipinski definition) is 4. The van der Waals surface area contributed by atoms with Crippen LogP contribution in [-0.2, 0) is 20.7 Å². The SMILES string of the molecule is CC[C@H]1CCCCN1C(=O)COC(=O)c1ccccc1NC(=O)Cc1ccccc1. The average Bonchev–Trinajstić information content (AvgIpc) is 2.78. The molecule has 1 saturated heterocycles. The Kier molecular flexibility index (Phi) is 7.60. The smallest absolute Gasteiger partial charge is 0.340 e. The molecular weight excluding hydrogens is 380 g/mol. The van der Waals surface area contributed by atoms with Gasteiger partial charge in [-0.1, -0.05) is 49.4 Å². The monoisotopic (exact) mass is 408 g/mol. The lowest BCUT2D eigenvalue weighted by molar-refractivity contribution is -0.138. The van der Waals surface area contributed by atoms with Gasteiger partial charge in [0.15, 0.2) is 6.61 Å². The number of likely N-dealkylation sites (tertiary alicyclic amines) is 1. The minimum absolute atomic E-state index is 0.166. The summed E-state index contributed by atoms with van der Waals surface area (Å²) >= 11 is 0. The van der Waals surface area contributed by atoms with Crippen LogP contribution in [0.25, 0.3) is 0 Å². The van der Waals surface area contributed by atoms with Gasteiger partial charge in [0.1, 0.15) is 0 Å². The van der Waals surface area contributed by atoms with E-state index in [2.05, 4.69) is 12.2 Å². The number of piperidine rings is 1. The summed E-state index contributed by atoms with van der Waals surface area (Å²) in [6, 6.07) is 16.3. The summed E-state index contributed by atoms with van der Waals surface area (Å²) in [6.07, 6.45) is 4.20. The van der Waals surface area contributed by atoms with Crippen molar-refractivity contribution >= 4 is 23.5 Å². The van der Waals surface area contributed by atoms with Crippen molar-refractivity contribution in [2.75, 3.05) is 18.5 Å². The van der Waals surface area contributed by atoms with E-state index in [1.807, 2.05) is 35.2 Å². The van der Waals surface area contributed by atoms with Crippen molar-refractivity contribution < 1.29 is 19.1 Å². The van der Waals surface area contributed by atoms with Crippen LogP contribution in [0.2, 0.25) is 0 Å².